The van der Waals surface area contributed by atoms with Gasteiger partial charge in [0.2, 0.25) is 5.91 Å². The maximum atomic E-state index is 12.3. The summed E-state index contributed by atoms with van der Waals surface area (Å²) in [7, 11) is 0. The molecule has 1 aromatic rings. The van der Waals surface area contributed by atoms with E-state index in [9.17, 15) is 4.79 Å². The summed E-state index contributed by atoms with van der Waals surface area (Å²) in [6.07, 6.45) is 9.73. The SMILES string of the molecule is O=C1CCc2ccccc2CN1CCC1CCCCC1. The molecule has 1 amide bonds. The predicted molar refractivity (Wildman–Crippen MR) is 81.4 cm³/mol. The van der Waals surface area contributed by atoms with Crippen molar-refractivity contribution in [2.75, 3.05) is 6.54 Å². The van der Waals surface area contributed by atoms with Crippen LogP contribution >= 0.6 is 0 Å². The molecule has 1 saturated carbocycles. The lowest BCUT2D eigenvalue weighted by Gasteiger charge is -2.26. The lowest BCUT2D eigenvalue weighted by atomic mass is 9.87. The largest absolute Gasteiger partial charge is 0.338 e. The Hall–Kier alpha value is -1.31. The minimum atomic E-state index is 0.344. The number of benzene rings is 1. The molecule has 0 bridgehead atoms. The van der Waals surface area contributed by atoms with E-state index in [1.165, 1.54) is 49.7 Å². The van der Waals surface area contributed by atoms with E-state index in [-0.39, 0.29) is 0 Å². The minimum absolute atomic E-state index is 0.344. The first-order chi connectivity index (χ1) is 9.83. The van der Waals surface area contributed by atoms with Gasteiger partial charge in [0.25, 0.3) is 0 Å². The third-order valence-electron chi connectivity index (χ3n) is 4.97. The second-order valence-electron chi connectivity index (χ2n) is 6.38. The highest BCUT2D eigenvalue weighted by molar-refractivity contribution is 5.77. The van der Waals surface area contributed by atoms with Gasteiger partial charge in [0.1, 0.15) is 0 Å². The van der Waals surface area contributed by atoms with Crippen LogP contribution < -0.4 is 0 Å². The molecule has 2 aliphatic rings. The number of hydrogen-bond acceptors (Lipinski definition) is 1. The van der Waals surface area contributed by atoms with Gasteiger partial charge in [-0.2, -0.15) is 0 Å². The van der Waals surface area contributed by atoms with Gasteiger partial charge < -0.3 is 4.90 Å². The summed E-state index contributed by atoms with van der Waals surface area (Å²) >= 11 is 0. The fourth-order valence-corrected chi connectivity index (χ4v) is 3.67. The van der Waals surface area contributed by atoms with Gasteiger partial charge in [-0.25, -0.2) is 0 Å². The molecule has 0 unspecified atom stereocenters. The van der Waals surface area contributed by atoms with Crippen molar-refractivity contribution in [3.63, 3.8) is 0 Å². The Labute approximate surface area is 122 Å². The van der Waals surface area contributed by atoms with Crippen molar-refractivity contribution in [2.45, 2.75) is 57.9 Å². The van der Waals surface area contributed by atoms with Crippen LogP contribution in [0.4, 0.5) is 0 Å². The van der Waals surface area contributed by atoms with Crippen LogP contribution in [0.3, 0.4) is 0 Å². The normalized spacial score (nSPS) is 20.6. The smallest absolute Gasteiger partial charge is 0.223 e. The molecule has 0 aromatic heterocycles. The Morgan fingerprint density at radius 3 is 2.55 bits per heavy atom. The van der Waals surface area contributed by atoms with Crippen molar-refractivity contribution in [1.82, 2.24) is 4.90 Å². The molecule has 1 aliphatic heterocycles. The van der Waals surface area contributed by atoms with E-state index in [1.54, 1.807) is 0 Å². The van der Waals surface area contributed by atoms with Gasteiger partial charge in [0.05, 0.1) is 0 Å². The standard InChI is InChI=1S/C18H25NO/c20-18-11-10-16-8-4-5-9-17(16)14-19(18)13-12-15-6-2-1-3-7-15/h4-5,8-9,15H,1-3,6-7,10-14H2. The average molecular weight is 271 g/mol. The molecule has 20 heavy (non-hydrogen) atoms. The van der Waals surface area contributed by atoms with Gasteiger partial charge in [-0.1, -0.05) is 56.4 Å². The first kappa shape index (κ1) is 13.7. The Balaban J connectivity index is 1.61. The number of carbonyl (C=O) groups excluding carboxylic acids is 1. The summed E-state index contributed by atoms with van der Waals surface area (Å²) in [6.45, 7) is 1.78. The minimum Gasteiger partial charge on any atom is -0.338 e. The van der Waals surface area contributed by atoms with E-state index >= 15 is 0 Å². The van der Waals surface area contributed by atoms with Crippen LogP contribution in [0, 0.1) is 5.92 Å². The quantitative estimate of drug-likeness (QED) is 0.815. The molecule has 1 fully saturated rings. The summed E-state index contributed by atoms with van der Waals surface area (Å²) in [4.78, 5) is 14.4. The number of nitrogens with zero attached hydrogens (tertiary/aromatic N) is 1. The van der Waals surface area contributed by atoms with Gasteiger partial charge in [-0.05, 0) is 29.9 Å². The molecule has 3 rings (SSSR count). The first-order valence-corrected chi connectivity index (χ1v) is 8.17. The Kier molecular flexibility index (Phi) is 4.39. The topological polar surface area (TPSA) is 20.3 Å². The molecule has 1 heterocycles. The molecule has 0 spiro atoms. The zero-order chi connectivity index (χ0) is 13.8. The fraction of sp³-hybridized carbons (Fsp3) is 0.611. The third-order valence-corrected chi connectivity index (χ3v) is 4.97. The third kappa shape index (κ3) is 3.23. The lowest BCUT2D eigenvalue weighted by Crippen LogP contribution is -2.31. The van der Waals surface area contributed by atoms with E-state index < -0.39 is 0 Å². The Morgan fingerprint density at radius 1 is 1.00 bits per heavy atom. The molecular formula is C18H25NO. The van der Waals surface area contributed by atoms with Crippen molar-refractivity contribution >= 4 is 5.91 Å². The molecule has 0 atom stereocenters. The van der Waals surface area contributed by atoms with E-state index in [2.05, 4.69) is 29.2 Å². The van der Waals surface area contributed by atoms with E-state index in [1.807, 2.05) is 0 Å². The summed E-state index contributed by atoms with van der Waals surface area (Å²) in [6, 6.07) is 8.53. The molecular weight excluding hydrogens is 246 g/mol. The summed E-state index contributed by atoms with van der Waals surface area (Å²) in [5, 5.41) is 0. The van der Waals surface area contributed by atoms with Gasteiger partial charge in [0, 0.05) is 19.5 Å². The highest BCUT2D eigenvalue weighted by Crippen LogP contribution is 2.27. The maximum absolute atomic E-state index is 12.3. The highest BCUT2D eigenvalue weighted by atomic mass is 16.2. The Bertz CT molecular complexity index is 462. The molecule has 0 N–H and O–H groups in total. The molecule has 1 aromatic carbocycles. The lowest BCUT2D eigenvalue weighted by molar-refractivity contribution is -0.131. The molecule has 2 nitrogen and oxygen atoms in total. The van der Waals surface area contributed by atoms with Crippen LogP contribution in [0.5, 0.6) is 0 Å². The van der Waals surface area contributed by atoms with Crippen LogP contribution in [0.15, 0.2) is 24.3 Å². The predicted octanol–water partition coefficient (Wildman–Crippen LogP) is 3.93. The fourth-order valence-electron chi connectivity index (χ4n) is 3.67. The summed E-state index contributed by atoms with van der Waals surface area (Å²) < 4.78 is 0. The van der Waals surface area contributed by atoms with Crippen molar-refractivity contribution in [3.05, 3.63) is 35.4 Å². The second-order valence-corrected chi connectivity index (χ2v) is 6.38. The molecule has 0 radical (unpaired) electrons. The molecule has 1 aliphatic carbocycles. The van der Waals surface area contributed by atoms with Crippen molar-refractivity contribution in [3.8, 4) is 0 Å². The Morgan fingerprint density at radius 2 is 1.75 bits per heavy atom. The number of fused-ring (bicyclic) bond motifs is 1. The first-order valence-electron chi connectivity index (χ1n) is 8.17. The van der Waals surface area contributed by atoms with Gasteiger partial charge in [-0.3, -0.25) is 4.79 Å². The van der Waals surface area contributed by atoms with Crippen LogP contribution in [0.2, 0.25) is 0 Å². The number of aryl methyl sites for hydroxylation is 1. The zero-order valence-corrected chi connectivity index (χ0v) is 12.3. The van der Waals surface area contributed by atoms with Crippen molar-refractivity contribution in [2.24, 2.45) is 5.92 Å². The van der Waals surface area contributed by atoms with Crippen molar-refractivity contribution in [1.29, 1.82) is 0 Å². The van der Waals surface area contributed by atoms with Crippen LogP contribution in [-0.2, 0) is 17.8 Å². The van der Waals surface area contributed by atoms with E-state index in [4.69, 9.17) is 0 Å². The monoisotopic (exact) mass is 271 g/mol. The highest BCUT2D eigenvalue weighted by Gasteiger charge is 2.21. The molecule has 0 saturated heterocycles. The maximum Gasteiger partial charge on any atom is 0.223 e. The average Bonchev–Trinajstić information content (AvgIpc) is 2.66. The van der Waals surface area contributed by atoms with Crippen LogP contribution in [0.25, 0.3) is 0 Å². The summed E-state index contributed by atoms with van der Waals surface area (Å²) in [5.74, 6) is 1.20. The zero-order valence-electron chi connectivity index (χ0n) is 12.3. The van der Waals surface area contributed by atoms with Gasteiger partial charge in [-0.15, -0.1) is 0 Å². The second kappa shape index (κ2) is 6.43. The molecule has 108 valence electrons. The van der Waals surface area contributed by atoms with Gasteiger partial charge >= 0.3 is 0 Å². The summed E-state index contributed by atoms with van der Waals surface area (Å²) in [5.41, 5.74) is 2.71. The van der Waals surface area contributed by atoms with E-state index in [0.717, 1.165) is 25.4 Å². The van der Waals surface area contributed by atoms with Crippen molar-refractivity contribution < 1.29 is 4.79 Å². The number of rotatable bonds is 3. The van der Waals surface area contributed by atoms with Crippen LogP contribution in [0.1, 0.15) is 56.1 Å². The van der Waals surface area contributed by atoms with Gasteiger partial charge in [0.15, 0.2) is 0 Å². The number of carbonyl (C=O) groups is 1. The number of amides is 1. The number of hydrogen-bond donors (Lipinski definition) is 0. The van der Waals surface area contributed by atoms with Crippen LogP contribution in [-0.4, -0.2) is 17.4 Å². The van der Waals surface area contributed by atoms with E-state index in [0.29, 0.717) is 12.3 Å². The molecule has 2 heteroatoms.